The zero-order valence-electron chi connectivity index (χ0n) is 18.9. The number of benzene rings is 1. The van der Waals surface area contributed by atoms with Crippen molar-refractivity contribution in [3.05, 3.63) is 56.4 Å². The lowest BCUT2D eigenvalue weighted by molar-refractivity contribution is -0.134. The number of anilines is 2. The minimum absolute atomic E-state index is 0.0354. The summed E-state index contributed by atoms with van der Waals surface area (Å²) in [6.07, 6.45) is -1.95. The van der Waals surface area contributed by atoms with Gasteiger partial charge in [0.05, 0.1) is 16.9 Å². The zero-order chi connectivity index (χ0) is 26.0. The van der Waals surface area contributed by atoms with Crippen LogP contribution in [-0.4, -0.2) is 25.8 Å². The van der Waals surface area contributed by atoms with Crippen LogP contribution in [0.15, 0.2) is 24.4 Å². The molecule has 2 aliphatic carbocycles. The molecule has 0 radical (unpaired) electrons. The Morgan fingerprint density at radius 2 is 1.97 bits per heavy atom. The Kier molecular flexibility index (Phi) is 6.04. The third-order valence-corrected chi connectivity index (χ3v) is 8.66. The highest BCUT2D eigenvalue weighted by molar-refractivity contribution is 7.11. The van der Waals surface area contributed by atoms with Gasteiger partial charge in [0.25, 0.3) is 5.91 Å². The molecule has 36 heavy (non-hydrogen) atoms. The number of halogens is 5. The van der Waals surface area contributed by atoms with Gasteiger partial charge in [-0.25, -0.2) is 9.37 Å². The molecule has 2 unspecified atom stereocenters. The van der Waals surface area contributed by atoms with E-state index in [1.807, 2.05) is 0 Å². The summed E-state index contributed by atoms with van der Waals surface area (Å²) in [6, 6.07) is 3.82. The van der Waals surface area contributed by atoms with Crippen LogP contribution in [-0.2, 0) is 18.8 Å². The number of amides is 1. The van der Waals surface area contributed by atoms with Gasteiger partial charge in [0, 0.05) is 18.7 Å². The number of aliphatic hydroxyl groups is 1. The van der Waals surface area contributed by atoms with Crippen LogP contribution in [0.25, 0.3) is 0 Å². The number of aromatic nitrogens is 3. The molecule has 2 saturated carbocycles. The van der Waals surface area contributed by atoms with Crippen molar-refractivity contribution < 1.29 is 27.5 Å². The van der Waals surface area contributed by atoms with Crippen molar-refractivity contribution in [2.75, 3.05) is 11.1 Å². The highest BCUT2D eigenvalue weighted by atomic mass is 35.5. The van der Waals surface area contributed by atoms with E-state index in [4.69, 9.17) is 17.3 Å². The van der Waals surface area contributed by atoms with E-state index in [9.17, 15) is 27.5 Å². The monoisotopic (exact) mass is 543 g/mol. The number of nitrogens with zero attached hydrogens (tertiary/aromatic N) is 3. The molecule has 0 saturated heterocycles. The fourth-order valence-corrected chi connectivity index (χ4v) is 6.60. The van der Waals surface area contributed by atoms with Gasteiger partial charge in [0.2, 0.25) is 0 Å². The lowest BCUT2D eigenvalue weighted by Gasteiger charge is -2.22. The van der Waals surface area contributed by atoms with E-state index in [0.29, 0.717) is 35.6 Å². The maximum atomic E-state index is 13.5. The van der Waals surface area contributed by atoms with Crippen LogP contribution in [0.2, 0.25) is 5.02 Å². The Labute approximate surface area is 212 Å². The lowest BCUT2D eigenvalue weighted by Crippen LogP contribution is -2.23. The molecule has 2 heterocycles. The number of carbonyl (C=O) groups is 1. The second kappa shape index (κ2) is 8.70. The maximum Gasteiger partial charge on any atom is 0.427 e. The van der Waals surface area contributed by atoms with E-state index < -0.39 is 28.4 Å². The number of rotatable bonds is 4. The second-order valence-corrected chi connectivity index (χ2v) is 10.9. The van der Waals surface area contributed by atoms with Gasteiger partial charge in [-0.2, -0.15) is 18.3 Å². The maximum absolute atomic E-state index is 13.5. The number of aryl methyl sites for hydroxylation is 1. The van der Waals surface area contributed by atoms with Crippen molar-refractivity contribution in [3.63, 3.8) is 0 Å². The third kappa shape index (κ3) is 4.35. The predicted molar refractivity (Wildman–Crippen MR) is 126 cm³/mol. The van der Waals surface area contributed by atoms with Crippen molar-refractivity contribution >= 4 is 40.4 Å². The molecule has 2 aliphatic rings. The molecule has 0 bridgehead atoms. The van der Waals surface area contributed by atoms with Crippen LogP contribution in [0.1, 0.15) is 57.5 Å². The number of alkyl halides is 3. The normalized spacial score (nSPS) is 25.8. The van der Waals surface area contributed by atoms with Crippen molar-refractivity contribution in [2.24, 2.45) is 18.9 Å². The van der Waals surface area contributed by atoms with Crippen LogP contribution in [0.5, 0.6) is 0 Å². The summed E-state index contributed by atoms with van der Waals surface area (Å²) in [5, 5.41) is 18.3. The quantitative estimate of drug-likeness (QED) is 0.387. The van der Waals surface area contributed by atoms with Gasteiger partial charge in [-0.3, -0.25) is 9.48 Å². The molecule has 7 nitrogen and oxygen atoms in total. The van der Waals surface area contributed by atoms with Gasteiger partial charge >= 0.3 is 6.18 Å². The van der Waals surface area contributed by atoms with E-state index in [2.05, 4.69) is 15.4 Å². The van der Waals surface area contributed by atoms with Crippen molar-refractivity contribution in [2.45, 2.75) is 43.4 Å². The number of nitrogens with one attached hydrogen (secondary N) is 1. The van der Waals surface area contributed by atoms with Crippen LogP contribution in [0.4, 0.5) is 29.1 Å². The van der Waals surface area contributed by atoms with Gasteiger partial charge in [-0.1, -0.05) is 11.6 Å². The molecular formula is C23H22ClF4N5O2S. The molecule has 1 aromatic carbocycles. The van der Waals surface area contributed by atoms with E-state index in [0.717, 1.165) is 12.3 Å². The zero-order valence-corrected chi connectivity index (χ0v) is 20.5. The smallest absolute Gasteiger partial charge is 0.383 e. The Morgan fingerprint density at radius 1 is 1.31 bits per heavy atom. The summed E-state index contributed by atoms with van der Waals surface area (Å²) in [5.41, 5.74) is 5.80. The molecule has 1 amide bonds. The third-order valence-electron chi connectivity index (χ3n) is 7.13. The summed E-state index contributed by atoms with van der Waals surface area (Å²) in [7, 11) is 1.62. The van der Waals surface area contributed by atoms with Crippen LogP contribution in [0, 0.1) is 17.7 Å². The van der Waals surface area contributed by atoms with E-state index in [1.54, 1.807) is 7.05 Å². The minimum atomic E-state index is -4.50. The molecule has 192 valence electrons. The lowest BCUT2D eigenvalue weighted by atomic mass is 9.92. The molecule has 5 rings (SSSR count). The van der Waals surface area contributed by atoms with Crippen LogP contribution >= 0.6 is 22.9 Å². The largest absolute Gasteiger partial charge is 0.427 e. The highest BCUT2D eigenvalue weighted by Gasteiger charge is 2.52. The fraction of sp³-hybridized carbons (Fsp3) is 0.435. The standard InChI is InChI=1S/C23H22ClF4N5O2S/c1-33-19(29)17(20(34)31-13-2-3-15(25)14(24)6-13)18(32-33)10-4-11-7-22(35,8-12(11)5-10)21-30-9-16(36-21)23(26,27)28/h2-3,6,9-12,35H,4-5,7-8,29H2,1H3,(H,31,34). The van der Waals surface area contributed by atoms with Crippen molar-refractivity contribution in [3.8, 4) is 0 Å². The first kappa shape index (κ1) is 25.0. The van der Waals surface area contributed by atoms with Gasteiger partial charge < -0.3 is 16.2 Å². The molecule has 2 aromatic heterocycles. The molecule has 0 aliphatic heterocycles. The minimum Gasteiger partial charge on any atom is -0.383 e. The number of hydrogen-bond donors (Lipinski definition) is 3. The Balaban J connectivity index is 1.34. The second-order valence-electron chi connectivity index (χ2n) is 9.51. The first-order valence-corrected chi connectivity index (χ1v) is 12.4. The Bertz CT molecular complexity index is 1330. The van der Waals surface area contributed by atoms with Gasteiger partial charge in [-0.05, 0) is 55.7 Å². The molecule has 2 fully saturated rings. The predicted octanol–water partition coefficient (Wildman–Crippen LogP) is 5.31. The van der Waals surface area contributed by atoms with Crippen molar-refractivity contribution in [1.82, 2.24) is 14.8 Å². The topological polar surface area (TPSA) is 106 Å². The van der Waals surface area contributed by atoms with Gasteiger partial charge in [0.15, 0.2) is 0 Å². The van der Waals surface area contributed by atoms with Gasteiger partial charge in [0.1, 0.15) is 32.7 Å². The summed E-state index contributed by atoms with van der Waals surface area (Å²) >= 11 is 6.29. The first-order chi connectivity index (χ1) is 16.9. The molecular weight excluding hydrogens is 522 g/mol. The van der Waals surface area contributed by atoms with E-state index >= 15 is 0 Å². The average molecular weight is 544 g/mol. The van der Waals surface area contributed by atoms with E-state index in [-0.39, 0.29) is 52.0 Å². The number of nitrogens with two attached hydrogens (primary N) is 1. The van der Waals surface area contributed by atoms with E-state index in [1.165, 1.54) is 16.8 Å². The Morgan fingerprint density at radius 3 is 2.56 bits per heavy atom. The average Bonchev–Trinajstić information content (AvgIpc) is 3.53. The molecule has 0 spiro atoms. The fourth-order valence-electron chi connectivity index (χ4n) is 5.53. The number of carbonyl (C=O) groups excluding carboxylic acids is 1. The summed E-state index contributed by atoms with van der Waals surface area (Å²) in [6.45, 7) is 0. The Hall–Kier alpha value is -2.70. The SMILES string of the molecule is Cn1nc(C2CC3CC(O)(c4ncc(C(F)(F)F)s4)CC3C2)c(C(=O)Nc2ccc(F)c(Cl)c2)c1N. The molecule has 3 aromatic rings. The van der Waals surface area contributed by atoms with Crippen LogP contribution in [0.3, 0.4) is 0 Å². The molecule has 2 atom stereocenters. The number of hydrogen-bond acceptors (Lipinski definition) is 6. The highest BCUT2D eigenvalue weighted by Crippen LogP contribution is 2.57. The first-order valence-electron chi connectivity index (χ1n) is 11.2. The molecule has 4 N–H and O–H groups in total. The number of nitrogen functional groups attached to an aromatic ring is 1. The van der Waals surface area contributed by atoms with Crippen LogP contribution < -0.4 is 11.1 Å². The summed E-state index contributed by atoms with van der Waals surface area (Å²) < 4.78 is 53.9. The van der Waals surface area contributed by atoms with Gasteiger partial charge in [-0.15, -0.1) is 11.3 Å². The van der Waals surface area contributed by atoms with Crippen molar-refractivity contribution in [1.29, 1.82) is 0 Å². The summed E-state index contributed by atoms with van der Waals surface area (Å²) in [5.74, 6) is -0.990. The molecule has 13 heteroatoms. The summed E-state index contributed by atoms with van der Waals surface area (Å²) in [4.78, 5) is 16.2. The number of thiazole rings is 1. The number of fused-ring (bicyclic) bond motifs is 1.